The van der Waals surface area contributed by atoms with E-state index < -0.39 is 50.5 Å². The van der Waals surface area contributed by atoms with Gasteiger partial charge in [0.25, 0.3) is 0 Å². The van der Waals surface area contributed by atoms with E-state index in [0.717, 1.165) is 0 Å². The third-order valence-electron chi connectivity index (χ3n) is 4.80. The second-order valence-electron chi connectivity index (χ2n) is 6.90. The van der Waals surface area contributed by atoms with E-state index in [4.69, 9.17) is 33.5 Å². The fraction of sp³-hybridized carbons (Fsp3) is 0.529. The molecule has 0 saturated carbocycles. The number of fused-ring (bicyclic) bond motifs is 1. The van der Waals surface area contributed by atoms with E-state index in [0.29, 0.717) is 21.5 Å². The topological polar surface area (TPSA) is 209 Å². The summed E-state index contributed by atoms with van der Waals surface area (Å²) in [7, 11) is 0. The number of nitrogens with zero attached hydrogens (tertiary/aromatic N) is 4. The second-order valence-corrected chi connectivity index (χ2v) is 11.6. The molecule has 12 nitrogen and oxygen atoms in total. The molecular formula is C17H24N7O5Se+. The molecule has 30 heavy (non-hydrogen) atoms. The van der Waals surface area contributed by atoms with Crippen molar-refractivity contribution in [2.45, 2.75) is 53.0 Å². The Kier molecular flexibility index (Phi) is 6.77. The molecule has 6 atom stereocenters. The molecule has 0 amide bonds. The van der Waals surface area contributed by atoms with Gasteiger partial charge in [0.15, 0.2) is 0 Å². The van der Waals surface area contributed by atoms with Crippen LogP contribution >= 0.6 is 0 Å². The van der Waals surface area contributed by atoms with Gasteiger partial charge in [-0.1, -0.05) is 0 Å². The molecule has 2 aromatic heterocycles. The molecule has 162 valence electrons. The van der Waals surface area contributed by atoms with Crippen molar-refractivity contribution in [1.82, 2.24) is 19.5 Å². The molecule has 0 aromatic carbocycles. The number of aliphatic hydroxyl groups is 2. The summed E-state index contributed by atoms with van der Waals surface area (Å²) in [4.78, 5) is 23.0. The Morgan fingerprint density at radius 3 is 2.77 bits per heavy atom. The van der Waals surface area contributed by atoms with Crippen molar-refractivity contribution >= 4 is 42.8 Å². The minimum absolute atomic E-state index is 0.0538. The van der Waals surface area contributed by atoms with Crippen molar-refractivity contribution in [3.63, 3.8) is 0 Å². The Labute approximate surface area is 176 Å². The standard InChI is InChI=1S/C17H23N7O5Se/c1-2-4-30(5-3-8(18)16(27)28)6-9-11(25)12(26)15(29-9)24-7-21-10-13(19)22-17(20)23-14(10)24/h1,7-9,11-12,15,25-26H,3-6,18H2,(H4-,19,20,22,23,27,28)/p+1/t8?,9-,11-,12-,15-,30?/m1/s1. The third-order valence-corrected chi connectivity index (χ3v) is 9.39. The molecule has 3 heterocycles. The van der Waals surface area contributed by atoms with Crippen molar-refractivity contribution in [3.05, 3.63) is 6.33 Å². The van der Waals surface area contributed by atoms with E-state index in [1.54, 1.807) is 0 Å². The average Bonchev–Trinajstić information content (AvgIpc) is 3.22. The summed E-state index contributed by atoms with van der Waals surface area (Å²) in [5.41, 5.74) is 17.6. The van der Waals surface area contributed by atoms with Crippen LogP contribution in [0, 0.1) is 12.3 Å². The Hall–Kier alpha value is -2.46. The average molecular weight is 485 g/mol. The number of carboxylic acid groups (broad SMARTS) is 1. The van der Waals surface area contributed by atoms with Crippen LogP contribution in [0.15, 0.2) is 6.33 Å². The summed E-state index contributed by atoms with van der Waals surface area (Å²) in [6.07, 6.45) is 3.09. The SMILES string of the molecule is C#CC[Se+](CCC(N)C(=O)O)C[C@H]1O[C@@H](n2cnc3c(N)nc(N)nc32)[C@H](O)[C@@H]1O. The van der Waals surface area contributed by atoms with Crippen LogP contribution in [-0.4, -0.2) is 79.1 Å². The molecule has 13 heteroatoms. The number of carboxylic acids is 1. The molecule has 1 aliphatic rings. The van der Waals surface area contributed by atoms with Gasteiger partial charge in [-0.2, -0.15) is 0 Å². The number of aromatic nitrogens is 4. The number of ether oxygens (including phenoxy) is 1. The van der Waals surface area contributed by atoms with Gasteiger partial charge in [-0.15, -0.1) is 0 Å². The first-order valence-corrected chi connectivity index (χ1v) is 12.7. The summed E-state index contributed by atoms with van der Waals surface area (Å²) in [6.45, 7) is 0. The molecule has 1 fully saturated rings. The zero-order chi connectivity index (χ0) is 22.0. The van der Waals surface area contributed by atoms with Crippen molar-refractivity contribution < 1.29 is 24.9 Å². The maximum absolute atomic E-state index is 11.0. The summed E-state index contributed by atoms with van der Waals surface area (Å²) in [5, 5.41) is 31.6. The monoisotopic (exact) mass is 486 g/mol. The molecule has 1 aliphatic heterocycles. The van der Waals surface area contributed by atoms with E-state index in [1.807, 2.05) is 0 Å². The molecule has 0 aliphatic carbocycles. The van der Waals surface area contributed by atoms with Crippen LogP contribution in [0.25, 0.3) is 11.2 Å². The number of nitrogen functional groups attached to an aromatic ring is 2. The van der Waals surface area contributed by atoms with Gasteiger partial charge >= 0.3 is 176 Å². The summed E-state index contributed by atoms with van der Waals surface area (Å²) < 4.78 is 7.40. The summed E-state index contributed by atoms with van der Waals surface area (Å²) >= 11 is -1.53. The van der Waals surface area contributed by atoms with Gasteiger partial charge in [0.1, 0.15) is 0 Å². The fourth-order valence-electron chi connectivity index (χ4n) is 3.22. The van der Waals surface area contributed by atoms with Gasteiger partial charge < -0.3 is 0 Å². The normalized spacial score (nSPS) is 25.8. The number of nitrogens with two attached hydrogens (primary N) is 3. The van der Waals surface area contributed by atoms with E-state index >= 15 is 0 Å². The van der Waals surface area contributed by atoms with E-state index in [1.165, 1.54) is 10.9 Å². The summed E-state index contributed by atoms with van der Waals surface area (Å²) in [6, 6.07) is -0.963. The first-order valence-electron chi connectivity index (χ1n) is 9.06. The summed E-state index contributed by atoms with van der Waals surface area (Å²) in [5.74, 6) is 1.58. The van der Waals surface area contributed by atoms with Gasteiger partial charge in [-0.3, -0.25) is 0 Å². The van der Waals surface area contributed by atoms with Crippen LogP contribution in [-0.2, 0) is 9.53 Å². The molecule has 2 unspecified atom stereocenters. The van der Waals surface area contributed by atoms with Crippen LogP contribution in [0.4, 0.5) is 11.8 Å². The zero-order valence-corrected chi connectivity index (χ0v) is 17.7. The number of terminal acetylenes is 1. The van der Waals surface area contributed by atoms with Crippen LogP contribution in [0.3, 0.4) is 0 Å². The zero-order valence-electron chi connectivity index (χ0n) is 16.0. The van der Waals surface area contributed by atoms with Crippen molar-refractivity contribution in [2.75, 3.05) is 11.5 Å². The van der Waals surface area contributed by atoms with E-state index in [9.17, 15) is 15.0 Å². The number of imidazole rings is 1. The molecule has 0 spiro atoms. The predicted octanol–water partition coefficient (Wildman–Crippen LogP) is -1.46. The van der Waals surface area contributed by atoms with E-state index in [2.05, 4.69) is 20.9 Å². The first kappa shape index (κ1) is 22.2. The maximum atomic E-state index is 11.0. The third kappa shape index (κ3) is 4.49. The fourth-order valence-corrected chi connectivity index (χ4v) is 7.40. The number of aliphatic hydroxyl groups excluding tert-OH is 2. The predicted molar refractivity (Wildman–Crippen MR) is 109 cm³/mol. The molecule has 1 saturated heterocycles. The molecule has 0 radical (unpaired) electrons. The number of aliphatic carboxylic acids is 1. The van der Waals surface area contributed by atoms with Gasteiger partial charge in [-0.05, 0) is 0 Å². The van der Waals surface area contributed by atoms with Crippen LogP contribution in [0.5, 0.6) is 0 Å². The number of hydrogen-bond donors (Lipinski definition) is 6. The Morgan fingerprint density at radius 1 is 1.37 bits per heavy atom. The van der Waals surface area contributed by atoms with Crippen molar-refractivity contribution in [1.29, 1.82) is 0 Å². The van der Waals surface area contributed by atoms with Crippen molar-refractivity contribution in [3.8, 4) is 12.3 Å². The Balaban J connectivity index is 1.76. The van der Waals surface area contributed by atoms with Crippen LogP contribution in [0.2, 0.25) is 16.0 Å². The minimum atomic E-state index is -1.53. The molecular weight excluding hydrogens is 461 g/mol. The van der Waals surface area contributed by atoms with Crippen molar-refractivity contribution in [2.24, 2.45) is 5.73 Å². The van der Waals surface area contributed by atoms with Gasteiger partial charge in [-0.25, -0.2) is 0 Å². The molecule has 9 N–H and O–H groups in total. The van der Waals surface area contributed by atoms with E-state index in [-0.39, 0.29) is 23.8 Å². The van der Waals surface area contributed by atoms with Crippen LogP contribution < -0.4 is 17.2 Å². The number of anilines is 2. The number of carbonyl (C=O) groups is 1. The van der Waals surface area contributed by atoms with Crippen LogP contribution in [0.1, 0.15) is 12.6 Å². The van der Waals surface area contributed by atoms with Gasteiger partial charge in [0.05, 0.1) is 0 Å². The quantitative estimate of drug-likeness (QED) is 0.188. The Bertz CT molecular complexity index is 964. The first-order chi connectivity index (χ1) is 14.2. The van der Waals surface area contributed by atoms with Gasteiger partial charge in [0, 0.05) is 0 Å². The molecule has 0 bridgehead atoms. The molecule has 3 rings (SSSR count). The molecule has 2 aromatic rings. The second kappa shape index (κ2) is 9.13. The van der Waals surface area contributed by atoms with Gasteiger partial charge in [0.2, 0.25) is 0 Å². The number of rotatable bonds is 8. The Morgan fingerprint density at radius 2 is 2.10 bits per heavy atom. The number of hydrogen-bond acceptors (Lipinski definition) is 10.